The second-order valence-electron chi connectivity index (χ2n) is 4.01. The number of rotatable bonds is 5. The Balaban J connectivity index is 1.91. The van der Waals surface area contributed by atoms with Crippen molar-refractivity contribution in [2.24, 2.45) is 0 Å². The largest absolute Gasteiger partial charge is 0.379 e. The Morgan fingerprint density at radius 2 is 2.26 bits per heavy atom. The molecule has 0 unspecified atom stereocenters. The number of halogens is 1. The normalized spacial score (nSPS) is 16.3. The van der Waals surface area contributed by atoms with Crippen LogP contribution in [0.15, 0.2) is 6.20 Å². The monoisotopic (exact) mass is 287 g/mol. The van der Waals surface area contributed by atoms with E-state index in [1.165, 1.54) is 0 Å². The van der Waals surface area contributed by atoms with Gasteiger partial charge in [-0.3, -0.25) is 15.0 Å². The lowest BCUT2D eigenvalue weighted by atomic mass is 10.4. The minimum absolute atomic E-state index is 0.0144. The number of anilines is 1. The fraction of sp³-hybridized carbons (Fsp3) is 0.600. The van der Waals surface area contributed by atoms with E-state index in [4.69, 9.17) is 16.3 Å². The van der Waals surface area contributed by atoms with Crippen LogP contribution in [0.4, 0.5) is 11.5 Å². The number of nitrogens with one attached hydrogen (secondary N) is 1. The van der Waals surface area contributed by atoms with Crippen molar-refractivity contribution in [2.75, 3.05) is 44.7 Å². The molecule has 0 spiro atoms. The average molecular weight is 288 g/mol. The minimum Gasteiger partial charge on any atom is -0.379 e. The van der Waals surface area contributed by atoms with Gasteiger partial charge >= 0.3 is 5.69 Å². The maximum absolute atomic E-state index is 10.8. The van der Waals surface area contributed by atoms with Crippen LogP contribution in [0.25, 0.3) is 0 Å². The van der Waals surface area contributed by atoms with Crippen LogP contribution in [-0.2, 0) is 4.74 Å². The molecule has 1 N–H and O–H groups in total. The van der Waals surface area contributed by atoms with Crippen LogP contribution in [0, 0.1) is 10.1 Å². The molecule has 1 fully saturated rings. The molecule has 1 aliphatic heterocycles. The van der Waals surface area contributed by atoms with Crippen LogP contribution in [0.1, 0.15) is 0 Å². The van der Waals surface area contributed by atoms with Crippen LogP contribution in [0.5, 0.6) is 0 Å². The summed E-state index contributed by atoms with van der Waals surface area (Å²) in [5, 5.41) is 13.7. The van der Waals surface area contributed by atoms with Gasteiger partial charge in [0.2, 0.25) is 11.1 Å². The maximum atomic E-state index is 10.8. The zero-order chi connectivity index (χ0) is 13.7. The predicted molar refractivity (Wildman–Crippen MR) is 69.4 cm³/mol. The molecule has 0 atom stereocenters. The summed E-state index contributed by atoms with van der Waals surface area (Å²) in [7, 11) is 0. The van der Waals surface area contributed by atoms with E-state index in [1.54, 1.807) is 0 Å². The molecule has 19 heavy (non-hydrogen) atoms. The molecule has 0 saturated carbocycles. The highest BCUT2D eigenvalue weighted by atomic mass is 35.5. The van der Waals surface area contributed by atoms with E-state index in [2.05, 4.69) is 20.2 Å². The van der Waals surface area contributed by atoms with Gasteiger partial charge in [0.1, 0.15) is 6.20 Å². The fourth-order valence-corrected chi connectivity index (χ4v) is 1.91. The molecular formula is C10H14ClN5O3. The number of hydrogen-bond acceptors (Lipinski definition) is 7. The van der Waals surface area contributed by atoms with Gasteiger partial charge in [0, 0.05) is 26.2 Å². The first kappa shape index (κ1) is 13.9. The molecule has 1 aromatic heterocycles. The molecule has 2 heterocycles. The van der Waals surface area contributed by atoms with Gasteiger partial charge in [-0.1, -0.05) is 0 Å². The second kappa shape index (κ2) is 6.60. The van der Waals surface area contributed by atoms with E-state index >= 15 is 0 Å². The van der Waals surface area contributed by atoms with Crippen molar-refractivity contribution in [3.05, 3.63) is 21.6 Å². The summed E-state index contributed by atoms with van der Waals surface area (Å²) in [4.78, 5) is 19.9. The molecule has 0 aliphatic carbocycles. The smallest absolute Gasteiger partial charge is 0.329 e. The molecule has 1 saturated heterocycles. The predicted octanol–water partition coefficient (Wildman–Crippen LogP) is 0.782. The van der Waals surface area contributed by atoms with Gasteiger partial charge in [-0.15, -0.1) is 0 Å². The summed E-state index contributed by atoms with van der Waals surface area (Å²) in [6.45, 7) is 4.50. The average Bonchev–Trinajstić information content (AvgIpc) is 2.39. The summed E-state index contributed by atoms with van der Waals surface area (Å²) in [6, 6.07) is 0. The Labute approximate surface area is 114 Å². The van der Waals surface area contributed by atoms with Crippen molar-refractivity contribution in [3.63, 3.8) is 0 Å². The van der Waals surface area contributed by atoms with E-state index in [1.807, 2.05) is 0 Å². The van der Waals surface area contributed by atoms with E-state index < -0.39 is 4.92 Å². The van der Waals surface area contributed by atoms with Crippen molar-refractivity contribution in [1.29, 1.82) is 0 Å². The van der Waals surface area contributed by atoms with Crippen molar-refractivity contribution in [1.82, 2.24) is 14.9 Å². The number of nitrogens with zero attached hydrogens (tertiary/aromatic N) is 4. The molecule has 9 heteroatoms. The van der Waals surface area contributed by atoms with Crippen LogP contribution in [-0.4, -0.2) is 59.2 Å². The Kier molecular flexibility index (Phi) is 4.83. The first-order valence-corrected chi connectivity index (χ1v) is 6.25. The summed E-state index contributed by atoms with van der Waals surface area (Å²) >= 11 is 5.64. The fourth-order valence-electron chi connectivity index (χ4n) is 1.77. The van der Waals surface area contributed by atoms with Crippen molar-refractivity contribution in [2.45, 2.75) is 0 Å². The number of nitro groups is 1. The van der Waals surface area contributed by atoms with E-state index in [9.17, 15) is 10.1 Å². The Morgan fingerprint density at radius 1 is 1.53 bits per heavy atom. The summed E-state index contributed by atoms with van der Waals surface area (Å²) in [5.74, 6) is 0.151. The van der Waals surface area contributed by atoms with Gasteiger partial charge in [-0.2, -0.15) is 4.98 Å². The minimum atomic E-state index is -0.534. The summed E-state index contributed by atoms with van der Waals surface area (Å²) in [6.07, 6.45) is 1.10. The lowest BCUT2D eigenvalue weighted by Crippen LogP contribution is -2.39. The quantitative estimate of drug-likeness (QED) is 0.486. The molecule has 0 aromatic carbocycles. The SMILES string of the molecule is O=[N+]([O-])c1cnc(Cl)nc1NCCN1CCOCC1. The van der Waals surface area contributed by atoms with Crippen LogP contribution < -0.4 is 5.32 Å². The van der Waals surface area contributed by atoms with Gasteiger partial charge < -0.3 is 10.1 Å². The molecule has 1 aliphatic rings. The molecule has 104 valence electrons. The molecule has 0 radical (unpaired) electrons. The third kappa shape index (κ3) is 3.98. The van der Waals surface area contributed by atoms with Crippen LogP contribution >= 0.6 is 11.6 Å². The first-order chi connectivity index (χ1) is 9.16. The molecule has 2 rings (SSSR count). The van der Waals surface area contributed by atoms with Crippen LogP contribution in [0.2, 0.25) is 5.28 Å². The lowest BCUT2D eigenvalue weighted by molar-refractivity contribution is -0.384. The number of morpholine rings is 1. The van der Waals surface area contributed by atoms with E-state index in [-0.39, 0.29) is 16.8 Å². The number of aromatic nitrogens is 2. The van der Waals surface area contributed by atoms with Crippen molar-refractivity contribution < 1.29 is 9.66 Å². The molecule has 8 nitrogen and oxygen atoms in total. The maximum Gasteiger partial charge on any atom is 0.329 e. The van der Waals surface area contributed by atoms with E-state index in [0.717, 1.165) is 39.0 Å². The van der Waals surface area contributed by atoms with Gasteiger partial charge in [-0.05, 0) is 11.6 Å². The Bertz CT molecular complexity index is 453. The summed E-state index contributed by atoms with van der Waals surface area (Å²) < 4.78 is 5.24. The molecular weight excluding hydrogens is 274 g/mol. The van der Waals surface area contributed by atoms with Crippen molar-refractivity contribution in [3.8, 4) is 0 Å². The van der Waals surface area contributed by atoms with Gasteiger partial charge in [-0.25, -0.2) is 4.98 Å². The topological polar surface area (TPSA) is 93.4 Å². The highest BCUT2D eigenvalue weighted by molar-refractivity contribution is 6.28. The van der Waals surface area contributed by atoms with Crippen molar-refractivity contribution >= 4 is 23.1 Å². The van der Waals surface area contributed by atoms with Gasteiger partial charge in [0.05, 0.1) is 18.1 Å². The highest BCUT2D eigenvalue weighted by Gasteiger charge is 2.17. The first-order valence-electron chi connectivity index (χ1n) is 5.88. The third-order valence-electron chi connectivity index (χ3n) is 2.76. The highest BCUT2D eigenvalue weighted by Crippen LogP contribution is 2.21. The number of ether oxygens (including phenoxy) is 1. The number of hydrogen-bond donors (Lipinski definition) is 1. The van der Waals surface area contributed by atoms with Gasteiger partial charge in [0.25, 0.3) is 0 Å². The van der Waals surface area contributed by atoms with E-state index in [0.29, 0.717) is 6.54 Å². The second-order valence-corrected chi connectivity index (χ2v) is 4.35. The van der Waals surface area contributed by atoms with Gasteiger partial charge in [0.15, 0.2) is 0 Å². The van der Waals surface area contributed by atoms with Crippen LogP contribution in [0.3, 0.4) is 0 Å². The summed E-state index contributed by atoms with van der Waals surface area (Å²) in [5.41, 5.74) is -0.175. The standard InChI is InChI=1S/C10H14ClN5O3/c11-10-13-7-8(16(17)18)9(14-10)12-1-2-15-3-5-19-6-4-15/h7H,1-6H2,(H,12,13,14). The zero-order valence-corrected chi connectivity index (χ0v) is 11.0. The molecule has 0 bridgehead atoms. The lowest BCUT2D eigenvalue weighted by Gasteiger charge is -2.26. The Hall–Kier alpha value is -1.51. The molecule has 0 amide bonds. The zero-order valence-electron chi connectivity index (χ0n) is 10.2. The Morgan fingerprint density at radius 3 is 2.95 bits per heavy atom. The molecule has 1 aromatic rings. The third-order valence-corrected chi connectivity index (χ3v) is 2.94.